The van der Waals surface area contributed by atoms with Crippen LogP contribution in [0.3, 0.4) is 0 Å². The second-order valence-corrected chi connectivity index (χ2v) is 11.2. The molecule has 0 fully saturated rings. The van der Waals surface area contributed by atoms with Gasteiger partial charge in [-0.3, -0.25) is 14.4 Å². The molecular formula is C29H25ClN2O5S. The van der Waals surface area contributed by atoms with Crippen molar-refractivity contribution in [3.05, 3.63) is 95.5 Å². The lowest BCUT2D eigenvalue weighted by Crippen LogP contribution is -2.63. The highest BCUT2D eigenvalue weighted by Gasteiger charge is 2.58. The van der Waals surface area contributed by atoms with Gasteiger partial charge in [0.15, 0.2) is 23.0 Å². The highest BCUT2D eigenvalue weighted by molar-refractivity contribution is 7.87. The first-order valence-electron chi connectivity index (χ1n) is 12.3. The first-order valence-corrected chi connectivity index (χ1v) is 14.1. The fourth-order valence-electron chi connectivity index (χ4n) is 5.45. The average molecular weight is 549 g/mol. The summed E-state index contributed by atoms with van der Waals surface area (Å²) in [5, 5.41) is 0.397. The van der Waals surface area contributed by atoms with Crippen molar-refractivity contribution in [3.8, 4) is 23.0 Å². The molecule has 6 rings (SSSR count). The lowest BCUT2D eigenvalue weighted by Gasteiger charge is -2.52. The molecule has 194 valence electrons. The molecule has 7 nitrogen and oxygen atoms in total. The van der Waals surface area contributed by atoms with Crippen molar-refractivity contribution in [2.75, 3.05) is 9.80 Å². The van der Waals surface area contributed by atoms with Crippen LogP contribution in [-0.2, 0) is 16.5 Å². The smallest absolute Gasteiger partial charge is 0.309 e. The molecule has 1 N–H and O–H groups in total. The summed E-state index contributed by atoms with van der Waals surface area (Å²) in [4.78, 5) is 1.27. The fraction of sp³-hybridized carbons (Fsp3) is 0.172. The number of hydrogen-bond acceptors (Lipinski definition) is 6. The first-order chi connectivity index (χ1) is 18.3. The second-order valence-electron chi connectivity index (χ2n) is 9.11. The van der Waals surface area contributed by atoms with Gasteiger partial charge in [0.05, 0.1) is 22.7 Å². The SMILES string of the molecule is CCc1cccc2c1N(C(CC)(N1c3ccccc3Oc3ccc(Cl)cc31)S(=O)(=O)O)c1ccccc1O2. The quantitative estimate of drug-likeness (QED) is 0.253. The molecular weight excluding hydrogens is 524 g/mol. The Bertz CT molecular complexity index is 1680. The normalized spacial score (nSPS) is 15.3. The van der Waals surface area contributed by atoms with E-state index in [1.807, 2.05) is 37.3 Å². The number of fused-ring (bicyclic) bond motifs is 4. The van der Waals surface area contributed by atoms with Gasteiger partial charge in [-0.2, -0.15) is 8.42 Å². The molecule has 1 atom stereocenters. The van der Waals surface area contributed by atoms with Crippen molar-refractivity contribution < 1.29 is 22.4 Å². The summed E-state index contributed by atoms with van der Waals surface area (Å²) >= 11 is 6.44. The standard InChI is InChI=1S/C29H25ClN2O5S/c1-3-19-10-9-15-27-28(19)32(22-12-6-8-14-25(22)37-27)29(4-2,38(33,34)35)31-21-11-5-7-13-24(21)36-26-17-16-20(30)18-23(26)31/h5-18H,3-4H2,1-2H3,(H,33,34,35). The Morgan fingerprint density at radius 3 is 1.97 bits per heavy atom. The molecule has 0 amide bonds. The molecule has 2 aliphatic heterocycles. The summed E-state index contributed by atoms with van der Waals surface area (Å²) in [6.07, 6.45) is 0.580. The summed E-state index contributed by atoms with van der Waals surface area (Å²) in [6.45, 7) is 3.73. The van der Waals surface area contributed by atoms with Crippen LogP contribution in [-0.4, -0.2) is 18.0 Å². The predicted octanol–water partition coefficient (Wildman–Crippen LogP) is 8.04. The molecule has 2 heterocycles. The third-order valence-electron chi connectivity index (χ3n) is 7.07. The fourth-order valence-corrected chi connectivity index (χ4v) is 6.83. The van der Waals surface area contributed by atoms with Crippen LogP contribution in [0.25, 0.3) is 0 Å². The summed E-state index contributed by atoms with van der Waals surface area (Å²) in [7, 11) is -4.89. The van der Waals surface area contributed by atoms with Crippen molar-refractivity contribution in [1.82, 2.24) is 0 Å². The zero-order valence-electron chi connectivity index (χ0n) is 20.8. The van der Waals surface area contributed by atoms with E-state index in [-0.39, 0.29) is 6.42 Å². The Morgan fingerprint density at radius 2 is 1.34 bits per heavy atom. The lowest BCUT2D eigenvalue weighted by atomic mass is 10.0. The summed E-state index contributed by atoms with van der Waals surface area (Å²) in [6, 6.07) is 25.0. The van der Waals surface area contributed by atoms with Crippen LogP contribution in [0.2, 0.25) is 5.02 Å². The summed E-state index contributed by atoms with van der Waals surface area (Å²) in [5.74, 6) is 1.84. The van der Waals surface area contributed by atoms with Crippen molar-refractivity contribution in [2.24, 2.45) is 0 Å². The van der Waals surface area contributed by atoms with E-state index in [4.69, 9.17) is 21.1 Å². The number of rotatable bonds is 5. The highest BCUT2D eigenvalue weighted by atomic mass is 35.5. The molecule has 4 aromatic carbocycles. The molecule has 1 unspecified atom stereocenters. The van der Waals surface area contributed by atoms with Crippen LogP contribution < -0.4 is 19.3 Å². The Kier molecular flexibility index (Phi) is 5.79. The van der Waals surface area contributed by atoms with Gasteiger partial charge in [0.1, 0.15) is 0 Å². The first kappa shape index (κ1) is 24.6. The van der Waals surface area contributed by atoms with E-state index in [9.17, 15) is 13.0 Å². The minimum Gasteiger partial charge on any atom is -0.453 e. The molecule has 9 heteroatoms. The van der Waals surface area contributed by atoms with Crippen LogP contribution in [0.5, 0.6) is 23.0 Å². The average Bonchev–Trinajstić information content (AvgIpc) is 2.91. The van der Waals surface area contributed by atoms with Gasteiger partial charge in [-0.25, -0.2) is 0 Å². The predicted molar refractivity (Wildman–Crippen MR) is 149 cm³/mol. The summed E-state index contributed by atoms with van der Waals surface area (Å²) in [5.41, 5.74) is 2.83. The van der Waals surface area contributed by atoms with Gasteiger partial charge in [0.25, 0.3) is 4.99 Å². The van der Waals surface area contributed by atoms with E-state index in [0.29, 0.717) is 57.2 Å². The van der Waals surface area contributed by atoms with Gasteiger partial charge in [-0.1, -0.05) is 61.8 Å². The maximum Gasteiger partial charge on any atom is 0.309 e. The molecule has 4 aromatic rings. The number of aryl methyl sites for hydroxylation is 1. The Balaban J connectivity index is 1.77. The molecule has 0 aromatic heterocycles. The van der Waals surface area contributed by atoms with Gasteiger partial charge in [-0.05, 0) is 60.5 Å². The van der Waals surface area contributed by atoms with Crippen molar-refractivity contribution in [3.63, 3.8) is 0 Å². The van der Waals surface area contributed by atoms with E-state index in [1.54, 1.807) is 71.3 Å². The van der Waals surface area contributed by atoms with E-state index < -0.39 is 15.1 Å². The molecule has 0 aliphatic carbocycles. The molecule has 2 aliphatic rings. The zero-order valence-corrected chi connectivity index (χ0v) is 22.3. The van der Waals surface area contributed by atoms with Crippen molar-refractivity contribution in [1.29, 1.82) is 0 Å². The topological polar surface area (TPSA) is 79.3 Å². The minimum absolute atomic E-state index is 0.0298. The maximum atomic E-state index is 14.0. The zero-order chi connectivity index (χ0) is 26.7. The maximum absolute atomic E-state index is 14.0. The molecule has 0 bridgehead atoms. The van der Waals surface area contributed by atoms with Crippen LogP contribution in [0.15, 0.2) is 84.9 Å². The third-order valence-corrected chi connectivity index (χ3v) is 8.79. The molecule has 0 spiro atoms. The highest BCUT2D eigenvalue weighted by Crippen LogP contribution is 2.59. The second kappa shape index (κ2) is 8.94. The Labute approximate surface area is 226 Å². The van der Waals surface area contributed by atoms with Crippen molar-refractivity contribution >= 4 is 44.5 Å². The Hall–Kier alpha value is -3.72. The number of ether oxygens (including phenoxy) is 2. The summed E-state index contributed by atoms with van der Waals surface area (Å²) < 4.78 is 51.7. The van der Waals surface area contributed by atoms with Gasteiger partial charge in [0, 0.05) is 11.4 Å². The number of para-hydroxylation sites is 5. The minimum atomic E-state index is -4.89. The van der Waals surface area contributed by atoms with E-state index in [1.165, 1.54) is 0 Å². The number of halogens is 1. The van der Waals surface area contributed by atoms with Gasteiger partial charge < -0.3 is 9.47 Å². The Morgan fingerprint density at radius 1 is 0.763 bits per heavy atom. The monoisotopic (exact) mass is 548 g/mol. The van der Waals surface area contributed by atoms with Crippen LogP contribution in [0.1, 0.15) is 25.8 Å². The molecule has 0 radical (unpaired) electrons. The van der Waals surface area contributed by atoms with Gasteiger partial charge >= 0.3 is 10.1 Å². The molecule has 0 saturated carbocycles. The van der Waals surface area contributed by atoms with Crippen LogP contribution in [0.4, 0.5) is 22.7 Å². The number of anilines is 4. The number of nitrogens with zero attached hydrogens (tertiary/aromatic N) is 2. The van der Waals surface area contributed by atoms with E-state index in [2.05, 4.69) is 0 Å². The molecule has 0 saturated heterocycles. The van der Waals surface area contributed by atoms with Gasteiger partial charge in [0.2, 0.25) is 0 Å². The number of hydrogen-bond donors (Lipinski definition) is 1. The van der Waals surface area contributed by atoms with E-state index >= 15 is 0 Å². The largest absolute Gasteiger partial charge is 0.453 e. The van der Waals surface area contributed by atoms with Crippen LogP contribution in [0, 0.1) is 0 Å². The van der Waals surface area contributed by atoms with Gasteiger partial charge in [-0.15, -0.1) is 0 Å². The third kappa shape index (κ3) is 3.48. The van der Waals surface area contributed by atoms with Crippen LogP contribution >= 0.6 is 11.6 Å². The van der Waals surface area contributed by atoms with E-state index in [0.717, 1.165) is 5.56 Å². The molecule has 38 heavy (non-hydrogen) atoms. The van der Waals surface area contributed by atoms with Crippen molar-refractivity contribution in [2.45, 2.75) is 31.7 Å². The lowest BCUT2D eigenvalue weighted by molar-refractivity contribution is 0.393. The number of benzene rings is 4.